The van der Waals surface area contributed by atoms with Gasteiger partial charge in [-0.05, 0) is 80.5 Å². The highest BCUT2D eigenvalue weighted by Gasteiger charge is 2.38. The number of anilines is 1. The molecule has 1 aromatic carbocycles. The summed E-state index contributed by atoms with van der Waals surface area (Å²) in [6.07, 6.45) is -1.98. The Hall–Kier alpha value is -3.56. The van der Waals surface area contributed by atoms with E-state index in [-0.39, 0.29) is 21.4 Å². The number of nitrogens with two attached hydrogens (primary N) is 1. The van der Waals surface area contributed by atoms with Gasteiger partial charge >= 0.3 is 18.3 Å². The summed E-state index contributed by atoms with van der Waals surface area (Å²) in [7, 11) is 0. The molecular formula is C24H33N3O7. The number of hydrogen-bond acceptors (Lipinski definition) is 8. The predicted octanol–water partition coefficient (Wildman–Crippen LogP) is 5.32. The maximum atomic E-state index is 13.5. The van der Waals surface area contributed by atoms with Crippen molar-refractivity contribution < 1.29 is 33.4 Å². The molecule has 10 nitrogen and oxygen atoms in total. The number of hydrogen-bond donors (Lipinski definition) is 1. The number of rotatable bonds is 1. The van der Waals surface area contributed by atoms with Crippen LogP contribution in [-0.2, 0) is 14.2 Å². The van der Waals surface area contributed by atoms with E-state index in [1.807, 2.05) is 0 Å². The first kappa shape index (κ1) is 26.7. The highest BCUT2D eigenvalue weighted by Crippen LogP contribution is 2.27. The molecule has 2 aromatic rings. The van der Waals surface area contributed by atoms with Crippen LogP contribution in [0.5, 0.6) is 0 Å². The summed E-state index contributed by atoms with van der Waals surface area (Å²) >= 11 is 0. The first-order valence-corrected chi connectivity index (χ1v) is 10.7. The van der Waals surface area contributed by atoms with Crippen molar-refractivity contribution in [2.45, 2.75) is 79.1 Å². The molecule has 0 saturated heterocycles. The van der Waals surface area contributed by atoms with Crippen LogP contribution in [0.2, 0.25) is 0 Å². The maximum absolute atomic E-state index is 13.5. The van der Waals surface area contributed by atoms with Crippen molar-refractivity contribution in [2.75, 3.05) is 5.73 Å². The minimum Gasteiger partial charge on any atom is -0.443 e. The van der Waals surface area contributed by atoms with Crippen LogP contribution in [0, 0.1) is 0 Å². The average molecular weight is 476 g/mol. The molecule has 0 unspecified atom stereocenters. The Labute approximate surface area is 198 Å². The zero-order valence-electron chi connectivity index (χ0n) is 21.1. The molecular weight excluding hydrogens is 442 g/mol. The summed E-state index contributed by atoms with van der Waals surface area (Å²) in [4.78, 5) is 52.4. The van der Waals surface area contributed by atoms with Gasteiger partial charge in [-0.1, -0.05) is 0 Å². The minimum atomic E-state index is -1.21. The maximum Gasteiger partial charge on any atom is 0.427 e. The molecule has 2 N–H and O–H groups in total. The van der Waals surface area contributed by atoms with Crippen LogP contribution >= 0.6 is 0 Å². The first-order valence-electron chi connectivity index (χ1n) is 10.7. The second-order valence-electron chi connectivity index (χ2n) is 10.8. The average Bonchev–Trinajstić information content (AvgIpc) is 2.95. The minimum absolute atomic E-state index is 0.113. The van der Waals surface area contributed by atoms with E-state index >= 15 is 0 Å². The summed E-state index contributed by atoms with van der Waals surface area (Å²) in [6, 6.07) is 4.53. The lowest BCUT2D eigenvalue weighted by molar-refractivity contribution is 0.00400. The molecule has 3 amide bonds. The van der Waals surface area contributed by atoms with Crippen LogP contribution in [0.4, 0.5) is 20.1 Å². The lowest BCUT2D eigenvalue weighted by Crippen LogP contribution is -2.46. The van der Waals surface area contributed by atoms with Crippen LogP contribution in [0.1, 0.15) is 72.7 Å². The number of benzene rings is 1. The summed E-state index contributed by atoms with van der Waals surface area (Å²) in [5.74, 6) is -1.03. The van der Waals surface area contributed by atoms with Gasteiger partial charge in [0.15, 0.2) is 0 Å². The smallest absolute Gasteiger partial charge is 0.427 e. The van der Waals surface area contributed by atoms with E-state index in [4.69, 9.17) is 19.9 Å². The molecule has 0 radical (unpaired) electrons. The summed E-state index contributed by atoms with van der Waals surface area (Å²) < 4.78 is 17.1. The van der Waals surface area contributed by atoms with Gasteiger partial charge in [0.1, 0.15) is 16.8 Å². The number of carbonyl (C=O) groups excluding carboxylic acids is 4. The second-order valence-corrected chi connectivity index (χ2v) is 10.8. The van der Waals surface area contributed by atoms with Crippen LogP contribution in [0.3, 0.4) is 0 Å². The molecule has 1 aromatic heterocycles. The third-order valence-electron chi connectivity index (χ3n) is 4.01. The number of nitrogens with zero attached hydrogens (tertiary/aromatic N) is 2. The molecule has 0 saturated carbocycles. The fourth-order valence-corrected chi connectivity index (χ4v) is 2.85. The SMILES string of the molecule is CC(C)(C)OC(=O)N(C(=O)OC(C)(C)C)C(=O)c1cn(C(=O)OC(C)(C)C)c2cc(N)ccc12. The molecule has 34 heavy (non-hydrogen) atoms. The van der Waals surface area contributed by atoms with Gasteiger partial charge < -0.3 is 19.9 Å². The molecule has 0 aliphatic rings. The highest BCUT2D eigenvalue weighted by molar-refractivity contribution is 6.19. The molecule has 0 aliphatic carbocycles. The van der Waals surface area contributed by atoms with Crippen molar-refractivity contribution in [1.29, 1.82) is 0 Å². The molecule has 186 valence electrons. The predicted molar refractivity (Wildman–Crippen MR) is 127 cm³/mol. The third-order valence-corrected chi connectivity index (χ3v) is 4.01. The van der Waals surface area contributed by atoms with Gasteiger partial charge in [0, 0.05) is 17.3 Å². The van der Waals surface area contributed by atoms with E-state index in [9.17, 15) is 19.2 Å². The summed E-state index contributed by atoms with van der Waals surface area (Å²) in [5, 5.41) is 0.280. The first-order chi connectivity index (χ1) is 15.3. The van der Waals surface area contributed by atoms with Crippen molar-refractivity contribution in [1.82, 2.24) is 9.47 Å². The van der Waals surface area contributed by atoms with Gasteiger partial charge in [0.2, 0.25) is 0 Å². The number of ether oxygens (including phenoxy) is 3. The molecule has 0 atom stereocenters. The Morgan fingerprint density at radius 1 is 0.794 bits per heavy atom. The Balaban J connectivity index is 2.65. The van der Waals surface area contributed by atoms with E-state index in [0.717, 1.165) is 4.57 Å². The molecule has 2 rings (SSSR count). The van der Waals surface area contributed by atoms with Gasteiger partial charge in [-0.25, -0.2) is 14.4 Å². The zero-order chi connectivity index (χ0) is 26.2. The van der Waals surface area contributed by atoms with Gasteiger partial charge in [-0.2, -0.15) is 0 Å². The number of fused-ring (bicyclic) bond motifs is 1. The zero-order valence-corrected chi connectivity index (χ0v) is 21.1. The van der Waals surface area contributed by atoms with Crippen molar-refractivity contribution in [3.05, 3.63) is 30.0 Å². The van der Waals surface area contributed by atoms with Crippen LogP contribution < -0.4 is 5.73 Å². The lowest BCUT2D eigenvalue weighted by atomic mass is 10.1. The van der Waals surface area contributed by atoms with E-state index in [0.29, 0.717) is 5.69 Å². The molecule has 0 fully saturated rings. The topological polar surface area (TPSA) is 130 Å². The van der Waals surface area contributed by atoms with E-state index in [1.165, 1.54) is 24.4 Å². The van der Waals surface area contributed by atoms with Crippen LogP contribution in [0.15, 0.2) is 24.4 Å². The third kappa shape index (κ3) is 6.72. The van der Waals surface area contributed by atoms with Gasteiger partial charge in [-0.15, -0.1) is 4.90 Å². The number of carbonyl (C=O) groups is 4. The fraction of sp³-hybridized carbons (Fsp3) is 0.500. The second kappa shape index (κ2) is 9.00. The van der Waals surface area contributed by atoms with Gasteiger partial charge in [0.05, 0.1) is 11.1 Å². The van der Waals surface area contributed by atoms with Crippen molar-refractivity contribution in [2.24, 2.45) is 0 Å². The molecule has 0 aliphatic heterocycles. The van der Waals surface area contributed by atoms with Crippen LogP contribution in [0.25, 0.3) is 10.9 Å². The monoisotopic (exact) mass is 475 g/mol. The van der Waals surface area contributed by atoms with Crippen molar-refractivity contribution in [3.63, 3.8) is 0 Å². The highest BCUT2D eigenvalue weighted by atomic mass is 16.6. The number of imide groups is 3. The lowest BCUT2D eigenvalue weighted by Gasteiger charge is -2.27. The molecule has 10 heteroatoms. The van der Waals surface area contributed by atoms with Crippen molar-refractivity contribution >= 4 is 40.8 Å². The normalized spacial score (nSPS) is 12.3. The fourth-order valence-electron chi connectivity index (χ4n) is 2.85. The van der Waals surface area contributed by atoms with Gasteiger partial charge in [-0.3, -0.25) is 9.36 Å². The van der Waals surface area contributed by atoms with E-state index in [2.05, 4.69) is 0 Å². The Morgan fingerprint density at radius 2 is 1.26 bits per heavy atom. The van der Waals surface area contributed by atoms with Crippen molar-refractivity contribution in [3.8, 4) is 0 Å². The van der Waals surface area contributed by atoms with Gasteiger partial charge in [0.25, 0.3) is 5.91 Å². The Kier molecular flexibility index (Phi) is 7.06. The number of aromatic nitrogens is 1. The molecule has 0 bridgehead atoms. The Bertz CT molecular complexity index is 1100. The number of amides is 3. The summed E-state index contributed by atoms with van der Waals surface area (Å²) in [5.41, 5.74) is 3.60. The quantitative estimate of drug-likeness (QED) is 0.433. The Morgan fingerprint density at radius 3 is 1.71 bits per heavy atom. The standard InChI is InChI=1S/C24H33N3O7/c1-22(2,3)32-19(29)26-13-16(15-11-10-14(25)12-17(15)26)18(28)27(20(30)33-23(4,5)6)21(31)34-24(7,8)9/h10-13H,25H2,1-9H3. The summed E-state index contributed by atoms with van der Waals surface area (Å²) in [6.45, 7) is 14.7. The molecule has 1 heterocycles. The van der Waals surface area contributed by atoms with Crippen LogP contribution in [-0.4, -0.2) is 50.5 Å². The number of nitrogen functional groups attached to an aromatic ring is 1. The molecule has 0 spiro atoms. The van der Waals surface area contributed by atoms with E-state index < -0.39 is 41.0 Å². The van der Waals surface area contributed by atoms with E-state index in [1.54, 1.807) is 62.3 Å². The largest absolute Gasteiger partial charge is 0.443 e.